The molecule has 0 saturated carbocycles. The summed E-state index contributed by atoms with van der Waals surface area (Å²) in [5.41, 5.74) is 7.08. The van der Waals surface area contributed by atoms with Gasteiger partial charge in [0.2, 0.25) is 0 Å². The maximum Gasteiger partial charge on any atom is 0.0815 e. The third-order valence-corrected chi connectivity index (χ3v) is 6.26. The van der Waals surface area contributed by atoms with Crippen LogP contribution in [-0.2, 0) is 0 Å². The van der Waals surface area contributed by atoms with Crippen molar-refractivity contribution in [3.8, 4) is 43.4 Å². The van der Waals surface area contributed by atoms with Gasteiger partial charge in [-0.1, -0.05) is 54.6 Å². The van der Waals surface area contributed by atoms with Crippen LogP contribution in [0, 0.1) is 0 Å². The summed E-state index contributed by atoms with van der Waals surface area (Å²) in [6.07, 6.45) is 0. The summed E-state index contributed by atoms with van der Waals surface area (Å²) >= 11 is 3.46. The van der Waals surface area contributed by atoms with Crippen molar-refractivity contribution in [3.63, 3.8) is 0 Å². The Morgan fingerprint density at radius 3 is 1.85 bits per heavy atom. The van der Waals surface area contributed by atoms with Crippen molar-refractivity contribution < 1.29 is 0 Å². The van der Waals surface area contributed by atoms with Crippen molar-refractivity contribution in [2.24, 2.45) is 0 Å². The van der Waals surface area contributed by atoms with Gasteiger partial charge in [-0.05, 0) is 57.3 Å². The zero-order valence-corrected chi connectivity index (χ0v) is 15.6. The lowest BCUT2D eigenvalue weighted by atomic mass is 10.0. The van der Waals surface area contributed by atoms with Gasteiger partial charge >= 0.3 is 0 Å². The number of nitrogens with zero attached hydrogens (tertiary/aromatic N) is 1. The molecule has 5 rings (SSSR count). The second kappa shape index (κ2) is 6.52. The molecule has 0 N–H and O–H groups in total. The second-order valence-corrected chi connectivity index (χ2v) is 8.00. The smallest absolute Gasteiger partial charge is 0.0815 e. The standard InChI is InChI=1S/C23H15NS2/c1-2-6-16-10-11-19(18(16)7-3-1)17-14-20(22-8-4-12-25-22)24-21(15-17)23-9-5-13-26-23/h1-15H. The first-order chi connectivity index (χ1) is 12.9. The largest absolute Gasteiger partial charge is 0.246 e. The Kier molecular flexibility index (Phi) is 3.89. The van der Waals surface area contributed by atoms with E-state index in [1.807, 2.05) is 0 Å². The molecular weight excluding hydrogens is 354 g/mol. The van der Waals surface area contributed by atoms with Crippen molar-refractivity contribution in [2.45, 2.75) is 0 Å². The summed E-state index contributed by atoms with van der Waals surface area (Å²) in [5, 5.41) is 4.21. The van der Waals surface area contributed by atoms with Crippen LogP contribution in [0.2, 0.25) is 0 Å². The molecule has 26 heavy (non-hydrogen) atoms. The predicted molar refractivity (Wildman–Crippen MR) is 113 cm³/mol. The van der Waals surface area contributed by atoms with Gasteiger partial charge in [0, 0.05) is 0 Å². The van der Waals surface area contributed by atoms with Crippen LogP contribution in [0.15, 0.2) is 89.6 Å². The van der Waals surface area contributed by atoms with Crippen LogP contribution in [0.1, 0.15) is 0 Å². The molecule has 0 radical (unpaired) electrons. The molecule has 0 aromatic carbocycles. The molecular formula is C23H15NS2. The lowest BCUT2D eigenvalue weighted by Gasteiger charge is -2.08. The lowest BCUT2D eigenvalue weighted by molar-refractivity contribution is 1.35. The Balaban J connectivity index is 1.74. The second-order valence-electron chi connectivity index (χ2n) is 6.11. The van der Waals surface area contributed by atoms with Gasteiger partial charge in [-0.3, -0.25) is 0 Å². The molecule has 0 spiro atoms. The van der Waals surface area contributed by atoms with E-state index in [1.165, 1.54) is 32.0 Å². The zero-order valence-electron chi connectivity index (χ0n) is 13.9. The monoisotopic (exact) mass is 369 g/mol. The minimum absolute atomic E-state index is 1.04. The fourth-order valence-corrected chi connectivity index (χ4v) is 4.63. The van der Waals surface area contributed by atoms with E-state index in [2.05, 4.69) is 89.6 Å². The van der Waals surface area contributed by atoms with E-state index in [1.54, 1.807) is 22.7 Å². The highest BCUT2D eigenvalue weighted by molar-refractivity contribution is 7.13. The van der Waals surface area contributed by atoms with Gasteiger partial charge in [0.05, 0.1) is 21.1 Å². The van der Waals surface area contributed by atoms with Crippen molar-refractivity contribution in [3.05, 3.63) is 89.6 Å². The number of rotatable bonds is 3. The first kappa shape index (κ1) is 15.5. The van der Waals surface area contributed by atoms with Crippen molar-refractivity contribution in [2.75, 3.05) is 0 Å². The molecule has 0 aliphatic heterocycles. The highest BCUT2D eigenvalue weighted by atomic mass is 32.1. The summed E-state index contributed by atoms with van der Waals surface area (Å²) in [7, 11) is 0. The Hall–Kier alpha value is -2.75. The maximum atomic E-state index is 4.94. The van der Waals surface area contributed by atoms with Crippen LogP contribution < -0.4 is 0 Å². The molecule has 2 aliphatic rings. The first-order valence-corrected chi connectivity index (χ1v) is 10.2. The van der Waals surface area contributed by atoms with E-state index in [0.29, 0.717) is 0 Å². The summed E-state index contributed by atoms with van der Waals surface area (Å²) in [6, 6.07) is 27.9. The van der Waals surface area contributed by atoms with Crippen molar-refractivity contribution >= 4 is 22.7 Å². The Morgan fingerprint density at radius 1 is 0.538 bits per heavy atom. The average Bonchev–Trinajstić information content (AvgIpc) is 3.42. The summed E-state index contributed by atoms with van der Waals surface area (Å²) in [4.78, 5) is 7.34. The molecule has 0 unspecified atom stereocenters. The van der Waals surface area contributed by atoms with Crippen molar-refractivity contribution in [1.82, 2.24) is 4.98 Å². The minimum Gasteiger partial charge on any atom is -0.246 e. The number of hydrogen-bond acceptors (Lipinski definition) is 3. The normalized spacial score (nSPS) is 11.1. The van der Waals surface area contributed by atoms with Gasteiger partial charge in [0.25, 0.3) is 0 Å². The molecule has 3 heterocycles. The van der Waals surface area contributed by atoms with E-state index in [9.17, 15) is 0 Å². The van der Waals surface area contributed by atoms with Crippen LogP contribution in [-0.4, -0.2) is 4.98 Å². The van der Waals surface area contributed by atoms with Gasteiger partial charge in [-0.25, -0.2) is 4.98 Å². The predicted octanol–water partition coefficient (Wildman–Crippen LogP) is 7.31. The Morgan fingerprint density at radius 2 is 1.19 bits per heavy atom. The molecule has 124 valence electrons. The van der Waals surface area contributed by atoms with Crippen LogP contribution >= 0.6 is 22.7 Å². The molecule has 3 heteroatoms. The van der Waals surface area contributed by atoms with E-state index in [4.69, 9.17) is 4.98 Å². The number of fused-ring (bicyclic) bond motifs is 1. The summed E-state index contributed by atoms with van der Waals surface area (Å²) in [5.74, 6) is 0. The fraction of sp³-hybridized carbons (Fsp3) is 0. The number of aromatic nitrogens is 1. The maximum absolute atomic E-state index is 4.94. The SMILES string of the molecule is c1ccc2ccc(-c3cc(-c4cccs4)nc(-c4cccs4)c3)c-2cc1. The number of hydrogen-bond donors (Lipinski definition) is 0. The Labute approximate surface area is 160 Å². The third kappa shape index (κ3) is 2.75. The van der Waals surface area contributed by atoms with Crippen LogP contribution in [0.5, 0.6) is 0 Å². The summed E-state index contributed by atoms with van der Waals surface area (Å²) in [6.45, 7) is 0. The quantitative estimate of drug-likeness (QED) is 0.325. The molecule has 0 saturated heterocycles. The molecule has 2 aliphatic carbocycles. The zero-order chi connectivity index (χ0) is 17.3. The van der Waals surface area contributed by atoms with Crippen LogP contribution in [0.3, 0.4) is 0 Å². The summed E-state index contributed by atoms with van der Waals surface area (Å²) < 4.78 is 0. The van der Waals surface area contributed by atoms with Gasteiger partial charge in [-0.2, -0.15) is 0 Å². The third-order valence-electron chi connectivity index (χ3n) is 4.48. The highest BCUT2D eigenvalue weighted by Gasteiger charge is 2.14. The molecule has 0 amide bonds. The van der Waals surface area contributed by atoms with E-state index < -0.39 is 0 Å². The highest BCUT2D eigenvalue weighted by Crippen LogP contribution is 2.39. The number of thiophene rings is 2. The van der Waals surface area contributed by atoms with Gasteiger partial charge in [0.15, 0.2) is 0 Å². The van der Waals surface area contributed by atoms with Crippen LogP contribution in [0.25, 0.3) is 43.4 Å². The van der Waals surface area contributed by atoms with Gasteiger partial charge in [0.1, 0.15) is 0 Å². The van der Waals surface area contributed by atoms with Gasteiger partial charge < -0.3 is 0 Å². The molecule has 3 aromatic rings. The van der Waals surface area contributed by atoms with E-state index in [0.717, 1.165) is 11.4 Å². The van der Waals surface area contributed by atoms with Crippen molar-refractivity contribution in [1.29, 1.82) is 0 Å². The fourth-order valence-electron chi connectivity index (χ4n) is 3.25. The molecule has 0 fully saturated rings. The topological polar surface area (TPSA) is 12.9 Å². The minimum atomic E-state index is 1.04. The number of pyridine rings is 1. The average molecular weight is 370 g/mol. The molecule has 1 nitrogen and oxygen atoms in total. The lowest BCUT2D eigenvalue weighted by Crippen LogP contribution is -1.88. The molecule has 0 bridgehead atoms. The molecule has 3 aromatic heterocycles. The van der Waals surface area contributed by atoms with Crippen LogP contribution in [0.4, 0.5) is 0 Å². The molecule has 0 atom stereocenters. The van der Waals surface area contributed by atoms with E-state index >= 15 is 0 Å². The Bertz CT molecular complexity index is 1070. The van der Waals surface area contributed by atoms with E-state index in [-0.39, 0.29) is 0 Å². The first-order valence-electron chi connectivity index (χ1n) is 8.46. The van der Waals surface area contributed by atoms with Gasteiger partial charge in [-0.15, -0.1) is 22.7 Å².